The molecular weight excluding hydrogens is 316 g/mol. The Labute approximate surface area is 125 Å². The highest BCUT2D eigenvalue weighted by Crippen LogP contribution is 2.32. The van der Waals surface area contributed by atoms with Crippen LogP contribution in [0, 0.1) is 0 Å². The lowest BCUT2D eigenvalue weighted by molar-refractivity contribution is 0.307. The number of nitrogens with two attached hydrogens (primary N) is 1. The van der Waals surface area contributed by atoms with Crippen molar-refractivity contribution in [2.45, 2.75) is 6.61 Å². The molecule has 2 N–H and O–H groups in total. The zero-order chi connectivity index (χ0) is 13.9. The molecule has 0 radical (unpaired) electrons. The average Bonchev–Trinajstić information content (AvgIpc) is 2.47. The van der Waals surface area contributed by atoms with E-state index in [1.54, 1.807) is 6.20 Å². The van der Waals surface area contributed by atoms with E-state index in [-0.39, 0.29) is 0 Å². The molecule has 20 heavy (non-hydrogen) atoms. The Morgan fingerprint density at radius 2 is 1.85 bits per heavy atom. The van der Waals surface area contributed by atoms with Gasteiger partial charge in [0.05, 0.1) is 15.7 Å². The number of pyridine rings is 1. The quantitative estimate of drug-likeness (QED) is 0.734. The van der Waals surface area contributed by atoms with Gasteiger partial charge in [0.25, 0.3) is 0 Å². The summed E-state index contributed by atoms with van der Waals surface area (Å²) in [5.41, 5.74) is 8.54. The first kappa shape index (κ1) is 12.9. The van der Waals surface area contributed by atoms with Crippen LogP contribution in [0.1, 0.15) is 5.56 Å². The van der Waals surface area contributed by atoms with Gasteiger partial charge in [-0.2, -0.15) is 0 Å². The monoisotopic (exact) mass is 328 g/mol. The molecule has 1 aromatic heterocycles. The first-order chi connectivity index (χ1) is 9.75. The molecule has 0 aliphatic heterocycles. The SMILES string of the molecule is Nc1cccc(Br)c1OCc1cccc2cccnc12. The Kier molecular flexibility index (Phi) is 3.56. The fourth-order valence-electron chi connectivity index (χ4n) is 2.11. The number of anilines is 1. The molecule has 4 heteroatoms. The molecule has 3 nitrogen and oxygen atoms in total. The molecule has 0 amide bonds. The summed E-state index contributed by atoms with van der Waals surface area (Å²) in [6.07, 6.45) is 1.79. The average molecular weight is 329 g/mol. The smallest absolute Gasteiger partial charge is 0.156 e. The maximum atomic E-state index is 5.93. The van der Waals surface area contributed by atoms with Crippen LogP contribution in [0.2, 0.25) is 0 Å². The maximum absolute atomic E-state index is 5.93. The highest BCUT2D eigenvalue weighted by Gasteiger charge is 2.07. The van der Waals surface area contributed by atoms with Gasteiger partial charge in [0.2, 0.25) is 0 Å². The molecule has 0 aliphatic carbocycles. The van der Waals surface area contributed by atoms with E-state index >= 15 is 0 Å². The number of hydrogen-bond acceptors (Lipinski definition) is 3. The van der Waals surface area contributed by atoms with Crippen molar-refractivity contribution in [1.29, 1.82) is 0 Å². The molecule has 0 saturated heterocycles. The predicted molar refractivity (Wildman–Crippen MR) is 84.6 cm³/mol. The molecule has 3 aromatic rings. The third kappa shape index (κ3) is 2.47. The van der Waals surface area contributed by atoms with Crippen molar-refractivity contribution in [3.8, 4) is 5.75 Å². The third-order valence-electron chi connectivity index (χ3n) is 3.09. The van der Waals surface area contributed by atoms with Crippen LogP contribution in [0.5, 0.6) is 5.75 Å². The number of ether oxygens (including phenoxy) is 1. The Bertz CT molecular complexity index is 733. The Morgan fingerprint density at radius 1 is 1.05 bits per heavy atom. The normalized spacial score (nSPS) is 10.7. The maximum Gasteiger partial charge on any atom is 0.156 e. The van der Waals surface area contributed by atoms with Gasteiger partial charge >= 0.3 is 0 Å². The number of aromatic nitrogens is 1. The Hall–Kier alpha value is -2.07. The summed E-state index contributed by atoms with van der Waals surface area (Å²) in [7, 11) is 0. The van der Waals surface area contributed by atoms with Gasteiger partial charge in [0.15, 0.2) is 5.75 Å². The van der Waals surface area contributed by atoms with E-state index in [2.05, 4.69) is 20.9 Å². The van der Waals surface area contributed by atoms with Gasteiger partial charge in [0.1, 0.15) is 6.61 Å². The predicted octanol–water partition coefficient (Wildman–Crippen LogP) is 4.16. The van der Waals surface area contributed by atoms with E-state index in [9.17, 15) is 0 Å². The van der Waals surface area contributed by atoms with Crippen molar-refractivity contribution >= 4 is 32.5 Å². The molecule has 0 saturated carbocycles. The van der Waals surface area contributed by atoms with E-state index in [1.165, 1.54) is 0 Å². The lowest BCUT2D eigenvalue weighted by Crippen LogP contribution is -2.00. The van der Waals surface area contributed by atoms with Gasteiger partial charge in [-0.1, -0.05) is 30.3 Å². The summed E-state index contributed by atoms with van der Waals surface area (Å²) in [5, 5.41) is 1.11. The van der Waals surface area contributed by atoms with Crippen LogP contribution >= 0.6 is 15.9 Å². The number of nitrogens with zero attached hydrogens (tertiary/aromatic N) is 1. The number of fused-ring (bicyclic) bond motifs is 1. The van der Waals surface area contributed by atoms with Crippen molar-refractivity contribution in [2.24, 2.45) is 0 Å². The van der Waals surface area contributed by atoms with Crippen molar-refractivity contribution < 1.29 is 4.74 Å². The molecule has 0 bridgehead atoms. The minimum absolute atomic E-state index is 0.432. The molecule has 0 spiro atoms. The van der Waals surface area contributed by atoms with E-state index in [0.717, 1.165) is 20.9 Å². The van der Waals surface area contributed by atoms with E-state index in [0.29, 0.717) is 18.0 Å². The van der Waals surface area contributed by atoms with E-state index in [1.807, 2.05) is 48.5 Å². The molecule has 0 atom stereocenters. The van der Waals surface area contributed by atoms with Crippen molar-refractivity contribution in [3.05, 3.63) is 64.8 Å². The fraction of sp³-hybridized carbons (Fsp3) is 0.0625. The first-order valence-corrected chi connectivity index (χ1v) is 7.04. The number of benzene rings is 2. The van der Waals surface area contributed by atoms with Crippen molar-refractivity contribution in [3.63, 3.8) is 0 Å². The van der Waals surface area contributed by atoms with Crippen LogP contribution in [0.15, 0.2) is 59.2 Å². The standard InChI is InChI=1S/C16H13BrN2O/c17-13-7-2-8-14(18)16(13)20-10-12-5-1-4-11-6-3-9-19-15(11)12/h1-9H,10,18H2. The molecular formula is C16H13BrN2O. The number of nitrogen functional groups attached to an aromatic ring is 1. The number of rotatable bonds is 3. The molecule has 0 fully saturated rings. The minimum Gasteiger partial charge on any atom is -0.485 e. The van der Waals surface area contributed by atoms with Crippen LogP contribution in [-0.2, 0) is 6.61 Å². The van der Waals surface area contributed by atoms with Crippen LogP contribution in [0.3, 0.4) is 0 Å². The van der Waals surface area contributed by atoms with Crippen molar-refractivity contribution in [2.75, 3.05) is 5.73 Å². The van der Waals surface area contributed by atoms with Gasteiger partial charge in [-0.3, -0.25) is 4.98 Å². The van der Waals surface area contributed by atoms with Crippen molar-refractivity contribution in [1.82, 2.24) is 4.98 Å². The summed E-state index contributed by atoms with van der Waals surface area (Å²) in [4.78, 5) is 4.42. The molecule has 3 rings (SSSR count). The topological polar surface area (TPSA) is 48.1 Å². The molecule has 100 valence electrons. The zero-order valence-electron chi connectivity index (χ0n) is 10.7. The minimum atomic E-state index is 0.432. The van der Waals surface area contributed by atoms with Gasteiger partial charge in [-0.15, -0.1) is 0 Å². The second-order valence-electron chi connectivity index (χ2n) is 4.44. The molecule has 0 unspecified atom stereocenters. The Morgan fingerprint density at radius 3 is 2.70 bits per heavy atom. The van der Waals surface area contributed by atoms with Crippen LogP contribution in [0.4, 0.5) is 5.69 Å². The van der Waals surface area contributed by atoms with E-state index < -0.39 is 0 Å². The zero-order valence-corrected chi connectivity index (χ0v) is 12.3. The highest BCUT2D eigenvalue weighted by molar-refractivity contribution is 9.10. The van der Waals surface area contributed by atoms with Crippen LogP contribution < -0.4 is 10.5 Å². The second kappa shape index (κ2) is 5.51. The summed E-state index contributed by atoms with van der Waals surface area (Å²) in [5.74, 6) is 0.667. The van der Waals surface area contributed by atoms with Gasteiger partial charge < -0.3 is 10.5 Å². The molecule has 2 aromatic carbocycles. The van der Waals surface area contributed by atoms with Gasteiger partial charge in [-0.25, -0.2) is 0 Å². The first-order valence-electron chi connectivity index (χ1n) is 6.25. The molecule has 0 aliphatic rings. The summed E-state index contributed by atoms with van der Waals surface area (Å²) < 4.78 is 6.70. The second-order valence-corrected chi connectivity index (χ2v) is 5.29. The highest BCUT2D eigenvalue weighted by atomic mass is 79.9. The largest absolute Gasteiger partial charge is 0.485 e. The number of halogens is 1. The van der Waals surface area contributed by atoms with Crippen LogP contribution in [-0.4, -0.2) is 4.98 Å². The van der Waals surface area contributed by atoms with E-state index in [4.69, 9.17) is 10.5 Å². The van der Waals surface area contributed by atoms with Crippen LogP contribution in [0.25, 0.3) is 10.9 Å². The van der Waals surface area contributed by atoms with Gasteiger partial charge in [0, 0.05) is 17.1 Å². The summed E-state index contributed by atoms with van der Waals surface area (Å²) >= 11 is 3.45. The fourth-order valence-corrected chi connectivity index (χ4v) is 2.61. The Balaban J connectivity index is 1.91. The number of para-hydroxylation sites is 2. The molecule has 1 heterocycles. The summed E-state index contributed by atoms with van der Waals surface area (Å²) in [6, 6.07) is 15.6. The summed E-state index contributed by atoms with van der Waals surface area (Å²) in [6.45, 7) is 0.432. The van der Waals surface area contributed by atoms with Gasteiger partial charge in [-0.05, 0) is 34.1 Å². The lowest BCUT2D eigenvalue weighted by atomic mass is 10.1. The lowest BCUT2D eigenvalue weighted by Gasteiger charge is -2.11. The number of hydrogen-bond donors (Lipinski definition) is 1. The third-order valence-corrected chi connectivity index (χ3v) is 3.71.